The molecule has 2 aromatic rings. The first-order chi connectivity index (χ1) is 9.58. The largest absolute Gasteiger partial charge is 0.348 e. The summed E-state index contributed by atoms with van der Waals surface area (Å²) < 4.78 is 26.0. The highest BCUT2D eigenvalue weighted by molar-refractivity contribution is 6.17. The third kappa shape index (κ3) is 3.78. The van der Waals surface area contributed by atoms with Gasteiger partial charge in [-0.05, 0) is 23.3 Å². The van der Waals surface area contributed by atoms with Crippen molar-refractivity contribution < 1.29 is 13.6 Å². The van der Waals surface area contributed by atoms with Crippen LogP contribution in [-0.2, 0) is 12.4 Å². The molecule has 0 bridgehead atoms. The predicted octanol–water partition coefficient (Wildman–Crippen LogP) is 3.63. The van der Waals surface area contributed by atoms with Crippen molar-refractivity contribution in [3.05, 3.63) is 70.8 Å². The molecule has 2 rings (SSSR count). The van der Waals surface area contributed by atoms with E-state index in [-0.39, 0.29) is 12.1 Å². The number of carbonyl (C=O) groups excluding carboxylic acids is 1. The van der Waals surface area contributed by atoms with Gasteiger partial charge in [-0.15, -0.1) is 11.6 Å². The molecule has 2 nitrogen and oxygen atoms in total. The van der Waals surface area contributed by atoms with Crippen LogP contribution in [0.2, 0.25) is 0 Å². The van der Waals surface area contributed by atoms with E-state index in [1.54, 1.807) is 0 Å². The van der Waals surface area contributed by atoms with Crippen LogP contribution >= 0.6 is 11.6 Å². The van der Waals surface area contributed by atoms with Crippen molar-refractivity contribution in [1.29, 1.82) is 0 Å². The summed E-state index contributed by atoms with van der Waals surface area (Å²) in [6.45, 7) is 0.277. The normalized spacial score (nSPS) is 10.3. The van der Waals surface area contributed by atoms with Crippen molar-refractivity contribution >= 4 is 17.5 Å². The first-order valence-corrected chi connectivity index (χ1v) is 6.50. The Bertz CT molecular complexity index is 594. The second kappa shape index (κ2) is 6.48. The van der Waals surface area contributed by atoms with Gasteiger partial charge < -0.3 is 5.32 Å². The van der Waals surface area contributed by atoms with E-state index in [0.29, 0.717) is 5.88 Å². The topological polar surface area (TPSA) is 29.1 Å². The number of amides is 1. The molecule has 2 aromatic carbocycles. The summed E-state index contributed by atoms with van der Waals surface area (Å²) in [5, 5.41) is 2.60. The van der Waals surface area contributed by atoms with Crippen LogP contribution in [0.3, 0.4) is 0 Å². The Hall–Kier alpha value is -1.94. The maximum absolute atomic E-state index is 13.0. The van der Waals surface area contributed by atoms with Gasteiger partial charge in [-0.25, -0.2) is 8.78 Å². The molecule has 0 aliphatic heterocycles. The van der Waals surface area contributed by atoms with Crippen molar-refractivity contribution in [2.45, 2.75) is 12.4 Å². The second-order valence-corrected chi connectivity index (χ2v) is 4.56. The fraction of sp³-hybridized carbons (Fsp3) is 0.133. The summed E-state index contributed by atoms with van der Waals surface area (Å²) in [4.78, 5) is 11.8. The predicted molar refractivity (Wildman–Crippen MR) is 73.5 cm³/mol. The number of carbonyl (C=O) groups is 1. The maximum Gasteiger partial charge on any atom is 0.251 e. The molecule has 5 heteroatoms. The molecule has 0 saturated heterocycles. The van der Waals surface area contributed by atoms with Gasteiger partial charge in [0.1, 0.15) is 11.6 Å². The standard InChI is InChI=1S/C15H12ClF2NO/c16-8-10-1-3-11(4-2-10)9-19-15(20)12-5-13(17)7-14(18)6-12/h1-7H,8-9H2,(H,19,20). The molecule has 1 amide bonds. The van der Waals surface area contributed by atoms with Crippen molar-refractivity contribution in [3.63, 3.8) is 0 Å². The lowest BCUT2D eigenvalue weighted by molar-refractivity contribution is 0.0950. The van der Waals surface area contributed by atoms with Crippen LogP contribution in [0, 0.1) is 11.6 Å². The Morgan fingerprint density at radius 3 is 2.10 bits per heavy atom. The number of benzene rings is 2. The third-order valence-electron chi connectivity index (χ3n) is 2.76. The van der Waals surface area contributed by atoms with Gasteiger partial charge in [-0.3, -0.25) is 4.79 Å². The number of halogens is 3. The van der Waals surface area contributed by atoms with Crippen LogP contribution in [0.4, 0.5) is 8.78 Å². The Balaban J connectivity index is 2.00. The van der Waals surface area contributed by atoms with E-state index < -0.39 is 17.5 Å². The molecule has 0 spiro atoms. The smallest absolute Gasteiger partial charge is 0.251 e. The van der Waals surface area contributed by atoms with Gasteiger partial charge in [0.25, 0.3) is 5.91 Å². The van der Waals surface area contributed by atoms with E-state index in [1.807, 2.05) is 24.3 Å². The summed E-state index contributed by atoms with van der Waals surface area (Å²) in [5.74, 6) is -1.65. The van der Waals surface area contributed by atoms with E-state index >= 15 is 0 Å². The summed E-state index contributed by atoms with van der Waals surface area (Å²) in [6.07, 6.45) is 0. The van der Waals surface area contributed by atoms with Gasteiger partial charge in [0.15, 0.2) is 0 Å². The molecule has 0 aromatic heterocycles. The van der Waals surface area contributed by atoms with E-state index in [1.165, 1.54) is 0 Å². The highest BCUT2D eigenvalue weighted by Crippen LogP contribution is 2.09. The number of rotatable bonds is 4. The SMILES string of the molecule is O=C(NCc1ccc(CCl)cc1)c1cc(F)cc(F)c1. The minimum atomic E-state index is -0.776. The summed E-state index contributed by atoms with van der Waals surface area (Å²) in [5.41, 5.74) is 1.82. The number of nitrogens with one attached hydrogen (secondary N) is 1. The number of hydrogen-bond acceptors (Lipinski definition) is 1. The number of hydrogen-bond donors (Lipinski definition) is 1. The Labute approximate surface area is 120 Å². The Kier molecular flexibility index (Phi) is 4.69. The van der Waals surface area contributed by atoms with E-state index in [2.05, 4.69) is 5.32 Å². The monoisotopic (exact) mass is 295 g/mol. The summed E-state index contributed by atoms with van der Waals surface area (Å²) in [6, 6.07) is 10.1. The second-order valence-electron chi connectivity index (χ2n) is 4.29. The van der Waals surface area contributed by atoms with E-state index in [4.69, 9.17) is 11.6 Å². The zero-order chi connectivity index (χ0) is 14.5. The third-order valence-corrected chi connectivity index (χ3v) is 3.06. The molecule has 0 unspecified atom stereocenters. The molecule has 0 atom stereocenters. The lowest BCUT2D eigenvalue weighted by Gasteiger charge is -2.06. The van der Waals surface area contributed by atoms with Gasteiger partial charge in [-0.2, -0.15) is 0 Å². The van der Waals surface area contributed by atoms with Crippen LogP contribution in [-0.4, -0.2) is 5.91 Å². The van der Waals surface area contributed by atoms with Crippen LogP contribution in [0.1, 0.15) is 21.5 Å². The van der Waals surface area contributed by atoms with Crippen molar-refractivity contribution in [2.24, 2.45) is 0 Å². The van der Waals surface area contributed by atoms with Gasteiger partial charge in [0.05, 0.1) is 0 Å². The van der Waals surface area contributed by atoms with Crippen molar-refractivity contribution in [1.82, 2.24) is 5.32 Å². The molecule has 0 fully saturated rings. The van der Waals surface area contributed by atoms with Crippen molar-refractivity contribution in [3.8, 4) is 0 Å². The lowest BCUT2D eigenvalue weighted by Crippen LogP contribution is -2.23. The highest BCUT2D eigenvalue weighted by Gasteiger charge is 2.08. The zero-order valence-corrected chi connectivity index (χ0v) is 11.3. The highest BCUT2D eigenvalue weighted by atomic mass is 35.5. The molecule has 0 aliphatic rings. The van der Waals surface area contributed by atoms with E-state index in [0.717, 1.165) is 29.3 Å². The zero-order valence-electron chi connectivity index (χ0n) is 10.5. The molecule has 0 radical (unpaired) electrons. The van der Waals surface area contributed by atoms with Crippen LogP contribution in [0.15, 0.2) is 42.5 Å². The first kappa shape index (κ1) is 14.5. The molecule has 104 valence electrons. The lowest BCUT2D eigenvalue weighted by atomic mass is 10.1. The summed E-state index contributed by atoms with van der Waals surface area (Å²) in [7, 11) is 0. The Morgan fingerprint density at radius 2 is 1.55 bits per heavy atom. The average molecular weight is 296 g/mol. The van der Waals surface area contributed by atoms with Gasteiger partial charge in [0.2, 0.25) is 0 Å². The van der Waals surface area contributed by atoms with E-state index in [9.17, 15) is 13.6 Å². The van der Waals surface area contributed by atoms with Gasteiger partial charge >= 0.3 is 0 Å². The number of alkyl halides is 1. The quantitative estimate of drug-likeness (QED) is 0.857. The average Bonchev–Trinajstić information content (AvgIpc) is 2.44. The van der Waals surface area contributed by atoms with Gasteiger partial charge in [-0.1, -0.05) is 24.3 Å². The van der Waals surface area contributed by atoms with Crippen LogP contribution in [0.25, 0.3) is 0 Å². The maximum atomic E-state index is 13.0. The van der Waals surface area contributed by atoms with Gasteiger partial charge in [0, 0.05) is 24.1 Å². The van der Waals surface area contributed by atoms with Crippen LogP contribution < -0.4 is 5.32 Å². The van der Waals surface area contributed by atoms with Crippen molar-refractivity contribution in [2.75, 3.05) is 0 Å². The molecular formula is C15H12ClF2NO. The molecule has 20 heavy (non-hydrogen) atoms. The fourth-order valence-corrected chi connectivity index (χ4v) is 1.89. The molecule has 0 saturated carbocycles. The fourth-order valence-electron chi connectivity index (χ4n) is 1.72. The molecule has 0 heterocycles. The minimum Gasteiger partial charge on any atom is -0.348 e. The minimum absolute atomic E-state index is 0.0418. The van der Waals surface area contributed by atoms with Crippen LogP contribution in [0.5, 0.6) is 0 Å². The summed E-state index contributed by atoms with van der Waals surface area (Å²) >= 11 is 5.68. The first-order valence-electron chi connectivity index (χ1n) is 5.96. The molecule has 1 N–H and O–H groups in total. The Morgan fingerprint density at radius 1 is 1.00 bits per heavy atom. The molecule has 0 aliphatic carbocycles. The molecular weight excluding hydrogens is 284 g/mol.